The number of benzene rings is 1. The minimum absolute atomic E-state index is 0.181. The Morgan fingerprint density at radius 3 is 2.30 bits per heavy atom. The van der Waals surface area contributed by atoms with E-state index in [2.05, 4.69) is 5.32 Å². The van der Waals surface area contributed by atoms with Gasteiger partial charge in [0.1, 0.15) is 5.60 Å². The fourth-order valence-electron chi connectivity index (χ4n) is 1.57. The Labute approximate surface area is 119 Å². The maximum atomic E-state index is 11.6. The van der Waals surface area contributed by atoms with Gasteiger partial charge in [-0.1, -0.05) is 24.3 Å². The van der Waals surface area contributed by atoms with Crippen LogP contribution >= 0.6 is 0 Å². The van der Waals surface area contributed by atoms with E-state index in [-0.39, 0.29) is 12.3 Å². The van der Waals surface area contributed by atoms with Crippen molar-refractivity contribution in [1.29, 1.82) is 0 Å². The zero-order valence-corrected chi connectivity index (χ0v) is 12.7. The quantitative estimate of drug-likeness (QED) is 0.880. The summed E-state index contributed by atoms with van der Waals surface area (Å²) in [5.74, 6) is -0.265. The first kappa shape index (κ1) is 16.5. The molecule has 1 aromatic rings. The van der Waals surface area contributed by atoms with Crippen molar-refractivity contribution in [2.45, 2.75) is 38.7 Å². The number of nitrogens with two attached hydrogens (primary N) is 1. The average Bonchev–Trinajstić information content (AvgIpc) is 2.23. The molecule has 0 atom stereocenters. The third-order valence-electron chi connectivity index (χ3n) is 2.30. The minimum atomic E-state index is -3.61. The number of ether oxygens (including phenoxy) is 1. The summed E-state index contributed by atoms with van der Waals surface area (Å²) < 4.78 is 27.4. The molecule has 20 heavy (non-hydrogen) atoms. The van der Waals surface area contributed by atoms with E-state index in [1.54, 1.807) is 45.0 Å². The highest BCUT2D eigenvalue weighted by molar-refractivity contribution is 7.88. The summed E-state index contributed by atoms with van der Waals surface area (Å²) >= 11 is 0. The molecule has 0 fully saturated rings. The Hall–Kier alpha value is -1.60. The summed E-state index contributed by atoms with van der Waals surface area (Å²) in [6.07, 6.45) is -0.553. The van der Waals surface area contributed by atoms with Crippen LogP contribution in [0.5, 0.6) is 0 Å². The predicted octanol–water partition coefficient (Wildman–Crippen LogP) is 1.50. The number of amides is 1. The predicted molar refractivity (Wildman–Crippen MR) is 76.3 cm³/mol. The Morgan fingerprint density at radius 1 is 1.25 bits per heavy atom. The summed E-state index contributed by atoms with van der Waals surface area (Å²) in [6, 6.07) is 6.88. The van der Waals surface area contributed by atoms with Crippen molar-refractivity contribution in [2.75, 3.05) is 0 Å². The van der Waals surface area contributed by atoms with Gasteiger partial charge < -0.3 is 10.1 Å². The number of carbonyl (C=O) groups excluding carboxylic acids is 1. The van der Waals surface area contributed by atoms with Crippen molar-refractivity contribution in [3.63, 3.8) is 0 Å². The van der Waals surface area contributed by atoms with Gasteiger partial charge in [-0.15, -0.1) is 0 Å². The molecule has 3 N–H and O–H groups in total. The Morgan fingerprint density at radius 2 is 1.80 bits per heavy atom. The van der Waals surface area contributed by atoms with E-state index in [0.717, 1.165) is 0 Å². The fraction of sp³-hybridized carbons (Fsp3) is 0.462. The maximum absolute atomic E-state index is 11.6. The highest BCUT2D eigenvalue weighted by Gasteiger charge is 2.16. The highest BCUT2D eigenvalue weighted by Crippen LogP contribution is 2.12. The first-order valence-corrected chi connectivity index (χ1v) is 7.82. The number of rotatable bonds is 4. The van der Waals surface area contributed by atoms with Crippen LogP contribution in [-0.2, 0) is 27.1 Å². The number of sulfonamides is 1. The molecule has 0 bridgehead atoms. The molecule has 112 valence electrons. The lowest BCUT2D eigenvalue weighted by atomic mass is 10.1. The zero-order chi connectivity index (χ0) is 15.4. The van der Waals surface area contributed by atoms with E-state index in [1.165, 1.54) is 0 Å². The van der Waals surface area contributed by atoms with Crippen molar-refractivity contribution in [1.82, 2.24) is 5.32 Å². The molecule has 0 saturated heterocycles. The van der Waals surface area contributed by atoms with Crippen molar-refractivity contribution >= 4 is 16.1 Å². The molecular formula is C13H20N2O4S. The van der Waals surface area contributed by atoms with E-state index < -0.39 is 21.7 Å². The second-order valence-corrected chi connectivity index (χ2v) is 7.05. The van der Waals surface area contributed by atoms with Gasteiger partial charge in [0.25, 0.3) is 0 Å². The Kier molecular flexibility index (Phi) is 5.13. The van der Waals surface area contributed by atoms with Gasteiger partial charge in [0.05, 0.1) is 5.75 Å². The van der Waals surface area contributed by atoms with Crippen LogP contribution in [0.4, 0.5) is 4.79 Å². The van der Waals surface area contributed by atoms with Gasteiger partial charge in [0.2, 0.25) is 10.0 Å². The van der Waals surface area contributed by atoms with Gasteiger partial charge in [-0.3, -0.25) is 0 Å². The van der Waals surface area contributed by atoms with Gasteiger partial charge in [0.15, 0.2) is 0 Å². The highest BCUT2D eigenvalue weighted by atomic mass is 32.2. The van der Waals surface area contributed by atoms with Crippen molar-refractivity contribution in [3.8, 4) is 0 Å². The van der Waals surface area contributed by atoms with Crippen LogP contribution in [0.15, 0.2) is 24.3 Å². The Bertz CT molecular complexity index is 576. The average molecular weight is 300 g/mol. The van der Waals surface area contributed by atoms with E-state index in [0.29, 0.717) is 11.1 Å². The second-order valence-electron chi connectivity index (χ2n) is 5.43. The molecule has 0 aliphatic heterocycles. The lowest BCUT2D eigenvalue weighted by Gasteiger charge is -2.20. The van der Waals surface area contributed by atoms with Gasteiger partial charge in [-0.25, -0.2) is 18.4 Å². The minimum Gasteiger partial charge on any atom is -0.444 e. The van der Waals surface area contributed by atoms with E-state index >= 15 is 0 Å². The Balaban J connectivity index is 2.71. The molecule has 0 spiro atoms. The molecule has 0 unspecified atom stereocenters. The zero-order valence-electron chi connectivity index (χ0n) is 11.8. The molecule has 0 aromatic heterocycles. The molecule has 1 aromatic carbocycles. The first-order chi connectivity index (χ1) is 9.07. The van der Waals surface area contributed by atoms with Crippen LogP contribution < -0.4 is 10.5 Å². The smallest absolute Gasteiger partial charge is 0.407 e. The third kappa shape index (κ3) is 6.53. The molecular weight excluding hydrogens is 280 g/mol. The van der Waals surface area contributed by atoms with Crippen LogP contribution in [0, 0.1) is 0 Å². The normalized spacial score (nSPS) is 12.0. The fourth-order valence-corrected chi connectivity index (χ4v) is 2.28. The van der Waals surface area contributed by atoms with Crippen LogP contribution in [-0.4, -0.2) is 20.1 Å². The summed E-state index contributed by atoms with van der Waals surface area (Å²) in [4.78, 5) is 11.6. The van der Waals surface area contributed by atoms with Crippen LogP contribution in [0.3, 0.4) is 0 Å². The molecule has 0 radical (unpaired) electrons. The van der Waals surface area contributed by atoms with Crippen molar-refractivity contribution in [3.05, 3.63) is 35.4 Å². The SMILES string of the molecule is CC(C)(C)OC(=O)NCc1ccccc1CS(N)(=O)=O. The molecule has 0 aliphatic carbocycles. The molecule has 1 rings (SSSR count). The van der Waals surface area contributed by atoms with E-state index in [4.69, 9.17) is 9.88 Å². The van der Waals surface area contributed by atoms with Crippen LogP contribution in [0.25, 0.3) is 0 Å². The summed E-state index contributed by atoms with van der Waals surface area (Å²) in [5.41, 5.74) is 0.669. The molecule has 0 aliphatic rings. The number of primary sulfonamides is 1. The summed E-state index contributed by atoms with van der Waals surface area (Å²) in [5, 5.41) is 7.62. The van der Waals surface area contributed by atoms with Gasteiger partial charge in [-0.2, -0.15) is 0 Å². The molecule has 6 nitrogen and oxygen atoms in total. The monoisotopic (exact) mass is 300 g/mol. The lowest BCUT2D eigenvalue weighted by Crippen LogP contribution is -2.32. The largest absolute Gasteiger partial charge is 0.444 e. The lowest BCUT2D eigenvalue weighted by molar-refractivity contribution is 0.0523. The van der Waals surface area contributed by atoms with E-state index in [9.17, 15) is 13.2 Å². The molecule has 0 saturated carbocycles. The summed E-state index contributed by atoms with van der Waals surface area (Å²) in [6.45, 7) is 5.48. The van der Waals surface area contributed by atoms with Gasteiger partial charge in [-0.05, 0) is 31.9 Å². The van der Waals surface area contributed by atoms with Crippen LogP contribution in [0.2, 0.25) is 0 Å². The molecule has 7 heteroatoms. The van der Waals surface area contributed by atoms with Gasteiger partial charge >= 0.3 is 6.09 Å². The number of alkyl carbamates (subject to hydrolysis) is 1. The second kappa shape index (κ2) is 6.23. The molecule has 1 amide bonds. The van der Waals surface area contributed by atoms with Gasteiger partial charge in [0, 0.05) is 6.54 Å². The maximum Gasteiger partial charge on any atom is 0.407 e. The van der Waals surface area contributed by atoms with Crippen molar-refractivity contribution < 1.29 is 17.9 Å². The standard InChI is InChI=1S/C13H20N2O4S/c1-13(2,3)19-12(16)15-8-10-6-4-5-7-11(10)9-20(14,17)18/h4-7H,8-9H2,1-3H3,(H,15,16)(H2,14,17,18). The number of carbonyl (C=O) groups is 1. The first-order valence-electron chi connectivity index (χ1n) is 6.11. The van der Waals surface area contributed by atoms with E-state index in [1.807, 2.05) is 0 Å². The number of nitrogens with one attached hydrogen (secondary N) is 1. The number of hydrogen-bond donors (Lipinski definition) is 2. The number of hydrogen-bond acceptors (Lipinski definition) is 4. The third-order valence-corrected chi connectivity index (χ3v) is 3.01. The molecule has 0 heterocycles. The van der Waals surface area contributed by atoms with Crippen molar-refractivity contribution in [2.24, 2.45) is 5.14 Å². The topological polar surface area (TPSA) is 98.5 Å². The summed E-state index contributed by atoms with van der Waals surface area (Å²) in [7, 11) is -3.61. The van der Waals surface area contributed by atoms with Crippen LogP contribution in [0.1, 0.15) is 31.9 Å².